The molecule has 5 rings (SSSR count). The molecule has 2 aliphatic carbocycles. The molecule has 1 spiro atoms. The van der Waals surface area contributed by atoms with Crippen LogP contribution in [0.1, 0.15) is 37.3 Å². The first-order valence-electron chi connectivity index (χ1n) is 9.77. The Labute approximate surface area is 154 Å². The third-order valence-electron chi connectivity index (χ3n) is 7.26. The van der Waals surface area contributed by atoms with Crippen LogP contribution in [0.2, 0.25) is 0 Å². The summed E-state index contributed by atoms with van der Waals surface area (Å²) in [4.78, 5) is 2.37. The van der Waals surface area contributed by atoms with Gasteiger partial charge in [0.15, 0.2) is 11.5 Å². The molecule has 0 amide bonds. The molecule has 4 aliphatic rings. The van der Waals surface area contributed by atoms with Crippen molar-refractivity contribution in [2.75, 3.05) is 19.7 Å². The number of rotatable bonds is 4. The topological polar surface area (TPSA) is 62.2 Å². The Morgan fingerprint density at radius 3 is 3.04 bits per heavy atom. The van der Waals surface area contributed by atoms with Crippen LogP contribution in [-0.2, 0) is 16.6 Å². The monoisotopic (exact) mass is 357 g/mol. The number of aromatic hydroxyl groups is 1. The molecule has 5 nitrogen and oxygen atoms in total. The average Bonchev–Trinajstić information content (AvgIpc) is 2.97. The van der Waals surface area contributed by atoms with E-state index in [0.29, 0.717) is 18.8 Å². The van der Waals surface area contributed by atoms with Gasteiger partial charge in [-0.15, -0.1) is 6.58 Å². The fraction of sp³-hybridized carbons (Fsp3) is 0.619. The van der Waals surface area contributed by atoms with E-state index in [1.54, 1.807) is 6.07 Å². The van der Waals surface area contributed by atoms with Gasteiger partial charge in [-0.2, -0.15) is 0 Å². The molecule has 2 aliphatic heterocycles. The molecule has 2 N–H and O–H groups in total. The first-order chi connectivity index (χ1) is 12.6. The van der Waals surface area contributed by atoms with Crippen LogP contribution >= 0.6 is 0 Å². The summed E-state index contributed by atoms with van der Waals surface area (Å²) in [6, 6.07) is 3.79. The standard InChI is InChI=1S/C21H27NO4/c1-3-10-22-11-9-20-17-13-5-6-14(23)18(17)26-19(20)15(25-4-2)7-8-21(20,24)16(22)12-13/h3,5-6,15-16,19,23-24H,1,4,7-12H2,2H3/t15?,16?,19-,20-,21+/m0/s1. The van der Waals surface area contributed by atoms with Crippen molar-refractivity contribution in [1.82, 2.24) is 4.90 Å². The molecule has 1 saturated carbocycles. The highest BCUT2D eigenvalue weighted by Crippen LogP contribution is 2.65. The Bertz CT molecular complexity index is 765. The predicted octanol–water partition coefficient (Wildman–Crippen LogP) is 2.14. The minimum Gasteiger partial charge on any atom is -0.504 e. The molecule has 0 aromatic heterocycles. The van der Waals surface area contributed by atoms with E-state index in [1.807, 2.05) is 19.1 Å². The Morgan fingerprint density at radius 1 is 1.42 bits per heavy atom. The highest BCUT2D eigenvalue weighted by Gasteiger charge is 2.73. The Morgan fingerprint density at radius 2 is 2.27 bits per heavy atom. The van der Waals surface area contributed by atoms with E-state index in [0.717, 1.165) is 37.9 Å². The van der Waals surface area contributed by atoms with Crippen molar-refractivity contribution >= 4 is 0 Å². The number of hydrogen-bond acceptors (Lipinski definition) is 5. The number of phenolic OH excluding ortho intramolecular Hbond substituents is 1. The quantitative estimate of drug-likeness (QED) is 0.809. The van der Waals surface area contributed by atoms with Crippen molar-refractivity contribution in [3.8, 4) is 11.5 Å². The molecule has 5 atom stereocenters. The summed E-state index contributed by atoms with van der Waals surface area (Å²) >= 11 is 0. The van der Waals surface area contributed by atoms with Gasteiger partial charge in [-0.1, -0.05) is 12.1 Å². The van der Waals surface area contributed by atoms with Gasteiger partial charge in [-0.05, 0) is 50.8 Å². The number of ether oxygens (including phenoxy) is 2. The van der Waals surface area contributed by atoms with E-state index in [4.69, 9.17) is 9.47 Å². The van der Waals surface area contributed by atoms with Gasteiger partial charge in [0, 0.05) is 24.8 Å². The summed E-state index contributed by atoms with van der Waals surface area (Å²) in [6.45, 7) is 8.20. The molecule has 2 bridgehead atoms. The van der Waals surface area contributed by atoms with Gasteiger partial charge in [0.2, 0.25) is 0 Å². The van der Waals surface area contributed by atoms with Crippen molar-refractivity contribution in [3.63, 3.8) is 0 Å². The number of benzene rings is 1. The number of likely N-dealkylation sites (tertiary alicyclic amines) is 1. The minimum absolute atomic E-state index is 0.0471. The maximum atomic E-state index is 12.1. The molecule has 5 heteroatoms. The van der Waals surface area contributed by atoms with Gasteiger partial charge in [-0.25, -0.2) is 0 Å². The fourth-order valence-corrected chi connectivity index (χ4v) is 6.35. The normalized spacial score (nSPS) is 40.0. The lowest BCUT2D eigenvalue weighted by molar-refractivity contribution is -0.213. The summed E-state index contributed by atoms with van der Waals surface area (Å²) in [6.07, 6.45) is 4.70. The number of aliphatic hydroxyl groups is 1. The van der Waals surface area contributed by atoms with Crippen molar-refractivity contribution in [2.45, 2.75) is 61.9 Å². The molecule has 2 fully saturated rings. The van der Waals surface area contributed by atoms with Gasteiger partial charge in [-0.3, -0.25) is 4.90 Å². The number of hydrogen-bond donors (Lipinski definition) is 2. The molecule has 1 aromatic carbocycles. The Kier molecular flexibility index (Phi) is 3.49. The number of nitrogens with zero attached hydrogens (tertiary/aromatic N) is 1. The number of phenols is 1. The van der Waals surface area contributed by atoms with Crippen molar-refractivity contribution in [2.24, 2.45) is 0 Å². The zero-order chi connectivity index (χ0) is 18.1. The van der Waals surface area contributed by atoms with E-state index in [1.165, 1.54) is 5.56 Å². The molecule has 1 aromatic rings. The van der Waals surface area contributed by atoms with Crippen LogP contribution in [0.5, 0.6) is 11.5 Å². The Hall–Kier alpha value is -1.56. The van der Waals surface area contributed by atoms with Crippen LogP contribution < -0.4 is 4.74 Å². The van der Waals surface area contributed by atoms with Crippen LogP contribution in [0.15, 0.2) is 24.8 Å². The zero-order valence-corrected chi connectivity index (χ0v) is 15.3. The van der Waals surface area contributed by atoms with Crippen LogP contribution in [0, 0.1) is 0 Å². The van der Waals surface area contributed by atoms with Crippen molar-refractivity contribution in [3.05, 3.63) is 35.9 Å². The molecule has 2 unspecified atom stereocenters. The van der Waals surface area contributed by atoms with Crippen molar-refractivity contribution in [1.29, 1.82) is 0 Å². The molecular weight excluding hydrogens is 330 g/mol. The van der Waals surface area contributed by atoms with Crippen molar-refractivity contribution < 1.29 is 19.7 Å². The lowest BCUT2D eigenvalue weighted by Gasteiger charge is -2.64. The summed E-state index contributed by atoms with van der Waals surface area (Å²) in [5, 5.41) is 22.6. The first kappa shape index (κ1) is 16.6. The SMILES string of the molecule is C=CCN1CC[C@]23c4c5ccc(O)c4O[C@H]2C(OCC)CC[C@@]3(O)C1C5. The van der Waals surface area contributed by atoms with Gasteiger partial charge >= 0.3 is 0 Å². The molecule has 140 valence electrons. The third kappa shape index (κ3) is 1.77. The lowest BCUT2D eigenvalue weighted by Crippen LogP contribution is -2.77. The van der Waals surface area contributed by atoms with Crippen LogP contribution in [0.25, 0.3) is 0 Å². The van der Waals surface area contributed by atoms with E-state index in [2.05, 4.69) is 11.5 Å². The highest BCUT2D eigenvalue weighted by atomic mass is 16.6. The maximum absolute atomic E-state index is 12.1. The van der Waals surface area contributed by atoms with Gasteiger partial charge in [0.25, 0.3) is 0 Å². The van der Waals surface area contributed by atoms with E-state index >= 15 is 0 Å². The summed E-state index contributed by atoms with van der Waals surface area (Å²) in [7, 11) is 0. The average molecular weight is 357 g/mol. The van der Waals surface area contributed by atoms with Crippen LogP contribution in [-0.4, -0.2) is 58.7 Å². The minimum atomic E-state index is -0.863. The van der Waals surface area contributed by atoms with Crippen LogP contribution in [0.4, 0.5) is 0 Å². The van der Waals surface area contributed by atoms with Crippen LogP contribution in [0.3, 0.4) is 0 Å². The zero-order valence-electron chi connectivity index (χ0n) is 15.3. The molecule has 2 heterocycles. The Balaban J connectivity index is 1.73. The molecule has 0 radical (unpaired) electrons. The highest BCUT2D eigenvalue weighted by molar-refractivity contribution is 5.62. The predicted molar refractivity (Wildman–Crippen MR) is 97.7 cm³/mol. The van der Waals surface area contributed by atoms with E-state index in [-0.39, 0.29) is 24.0 Å². The largest absolute Gasteiger partial charge is 0.504 e. The second kappa shape index (κ2) is 5.47. The summed E-state index contributed by atoms with van der Waals surface area (Å²) in [5.41, 5.74) is 0.887. The molecule has 26 heavy (non-hydrogen) atoms. The van der Waals surface area contributed by atoms with Gasteiger partial charge < -0.3 is 19.7 Å². The fourth-order valence-electron chi connectivity index (χ4n) is 6.35. The second-order valence-corrected chi connectivity index (χ2v) is 8.17. The lowest BCUT2D eigenvalue weighted by atomic mass is 9.48. The second-order valence-electron chi connectivity index (χ2n) is 8.17. The van der Waals surface area contributed by atoms with E-state index < -0.39 is 11.0 Å². The third-order valence-corrected chi connectivity index (χ3v) is 7.26. The smallest absolute Gasteiger partial charge is 0.165 e. The molecule has 1 saturated heterocycles. The maximum Gasteiger partial charge on any atom is 0.165 e. The summed E-state index contributed by atoms with van der Waals surface area (Å²) < 4.78 is 12.4. The van der Waals surface area contributed by atoms with Gasteiger partial charge in [0.1, 0.15) is 6.10 Å². The van der Waals surface area contributed by atoms with E-state index in [9.17, 15) is 10.2 Å². The first-order valence-corrected chi connectivity index (χ1v) is 9.77. The summed E-state index contributed by atoms with van der Waals surface area (Å²) in [5.74, 6) is 0.755. The van der Waals surface area contributed by atoms with Gasteiger partial charge in [0.05, 0.1) is 17.1 Å². The molecular formula is C21H27NO4. The number of piperidine rings is 1.